The van der Waals surface area contributed by atoms with Crippen molar-refractivity contribution in [3.05, 3.63) is 118 Å². The first-order chi connectivity index (χ1) is 16.9. The second-order valence-corrected chi connectivity index (χ2v) is 11.8. The molecule has 4 rings (SSSR count). The van der Waals surface area contributed by atoms with Gasteiger partial charge in [0.2, 0.25) is 0 Å². The minimum Gasteiger partial charge on any atom is -0.493 e. The lowest BCUT2D eigenvalue weighted by Gasteiger charge is -2.25. The third-order valence-electron chi connectivity index (χ3n) is 5.50. The molecule has 4 aromatic rings. The maximum Gasteiger partial charge on any atom is 0.310 e. The van der Waals surface area contributed by atoms with Crippen LogP contribution in [0.15, 0.2) is 124 Å². The molecule has 0 aliphatic heterocycles. The Bertz CT molecular complexity index is 1180. The van der Waals surface area contributed by atoms with Crippen LogP contribution in [0.25, 0.3) is 0 Å². The number of halogens is 1. The standard InChI is InChI=1S/C30H28IO3S/c1-30(2,23-13-15-24(31)16-14-23)34-29(32)21-22-33-25-17-19-28(20-18-25)35(26-9-5-3-6-10-26)27-11-7-4-8-12-27/h3-20H,21-22H2,1-2H3/q+1. The van der Waals surface area contributed by atoms with Crippen LogP contribution in [-0.4, -0.2) is 12.6 Å². The maximum atomic E-state index is 12.4. The molecule has 5 heteroatoms. The van der Waals surface area contributed by atoms with Gasteiger partial charge in [0.1, 0.15) is 11.4 Å². The van der Waals surface area contributed by atoms with Crippen molar-refractivity contribution in [2.45, 2.75) is 40.6 Å². The Morgan fingerprint density at radius 1 is 0.743 bits per heavy atom. The molecule has 0 N–H and O–H groups in total. The van der Waals surface area contributed by atoms with Gasteiger partial charge in [-0.3, -0.25) is 4.79 Å². The molecule has 0 amide bonds. The predicted molar refractivity (Wildman–Crippen MR) is 150 cm³/mol. The summed E-state index contributed by atoms with van der Waals surface area (Å²) in [5.74, 6) is 0.461. The molecule has 178 valence electrons. The molecule has 4 aromatic carbocycles. The zero-order valence-corrected chi connectivity index (χ0v) is 22.8. The summed E-state index contributed by atoms with van der Waals surface area (Å²) in [5, 5.41) is 0. The fourth-order valence-electron chi connectivity index (χ4n) is 3.69. The molecule has 0 atom stereocenters. The molecule has 0 unspecified atom stereocenters. The Morgan fingerprint density at radius 2 is 1.26 bits per heavy atom. The van der Waals surface area contributed by atoms with Gasteiger partial charge in [0.15, 0.2) is 14.7 Å². The van der Waals surface area contributed by atoms with Crippen molar-refractivity contribution in [3.63, 3.8) is 0 Å². The molecule has 0 aromatic heterocycles. The van der Waals surface area contributed by atoms with Crippen LogP contribution in [0.5, 0.6) is 5.75 Å². The van der Waals surface area contributed by atoms with E-state index in [-0.39, 0.29) is 29.9 Å². The topological polar surface area (TPSA) is 35.5 Å². The first-order valence-corrected chi connectivity index (χ1v) is 13.8. The van der Waals surface area contributed by atoms with E-state index in [1.165, 1.54) is 14.7 Å². The van der Waals surface area contributed by atoms with Gasteiger partial charge < -0.3 is 9.47 Å². The summed E-state index contributed by atoms with van der Waals surface area (Å²) in [7, 11) is -0.197. The highest BCUT2D eigenvalue weighted by atomic mass is 127. The second kappa shape index (κ2) is 11.8. The monoisotopic (exact) mass is 595 g/mol. The van der Waals surface area contributed by atoms with Crippen LogP contribution in [-0.2, 0) is 26.0 Å². The van der Waals surface area contributed by atoms with E-state index in [1.54, 1.807) is 0 Å². The van der Waals surface area contributed by atoms with Gasteiger partial charge in [-0.25, -0.2) is 0 Å². The van der Waals surface area contributed by atoms with Gasteiger partial charge in [0, 0.05) is 3.57 Å². The fraction of sp³-hybridized carbons (Fsp3) is 0.167. The lowest BCUT2D eigenvalue weighted by atomic mass is 9.98. The molecule has 0 spiro atoms. The number of carbonyl (C=O) groups is 1. The second-order valence-electron chi connectivity index (χ2n) is 8.49. The van der Waals surface area contributed by atoms with E-state index in [1.807, 2.05) is 62.4 Å². The van der Waals surface area contributed by atoms with Gasteiger partial charge >= 0.3 is 5.97 Å². The van der Waals surface area contributed by atoms with Crippen LogP contribution in [0, 0.1) is 3.57 Å². The molecule has 0 heterocycles. The number of esters is 1. The maximum absolute atomic E-state index is 12.4. The van der Waals surface area contributed by atoms with Crippen molar-refractivity contribution >= 4 is 39.5 Å². The molecule has 3 nitrogen and oxygen atoms in total. The Hall–Kier alpha value is -2.77. The molecule has 0 bridgehead atoms. The van der Waals surface area contributed by atoms with Crippen LogP contribution in [0.4, 0.5) is 0 Å². The Labute approximate surface area is 224 Å². The van der Waals surface area contributed by atoms with Crippen LogP contribution in [0.1, 0.15) is 25.8 Å². The Balaban J connectivity index is 1.36. The number of benzene rings is 4. The normalized spacial score (nSPS) is 11.3. The quantitative estimate of drug-likeness (QED) is 0.113. The predicted octanol–water partition coefficient (Wildman–Crippen LogP) is 7.63. The van der Waals surface area contributed by atoms with Gasteiger partial charge in [-0.15, -0.1) is 0 Å². The molecule has 0 saturated heterocycles. The smallest absolute Gasteiger partial charge is 0.310 e. The SMILES string of the molecule is CC(C)(OC(=O)CCOc1ccc([S+](c2ccccc2)c2ccccc2)cc1)c1ccc(I)cc1. The van der Waals surface area contributed by atoms with E-state index in [2.05, 4.69) is 83.3 Å². The third-order valence-corrected chi connectivity index (χ3v) is 8.45. The van der Waals surface area contributed by atoms with E-state index in [9.17, 15) is 4.79 Å². The fourth-order valence-corrected chi connectivity index (χ4v) is 6.13. The van der Waals surface area contributed by atoms with E-state index < -0.39 is 5.60 Å². The summed E-state index contributed by atoms with van der Waals surface area (Å²) in [6.07, 6.45) is 0.188. The van der Waals surface area contributed by atoms with E-state index >= 15 is 0 Å². The van der Waals surface area contributed by atoms with E-state index in [0.29, 0.717) is 0 Å². The summed E-state index contributed by atoms with van der Waals surface area (Å²) < 4.78 is 12.7. The minimum atomic E-state index is -0.687. The number of ether oxygens (including phenoxy) is 2. The van der Waals surface area contributed by atoms with Gasteiger partial charge in [-0.1, -0.05) is 48.5 Å². The highest BCUT2D eigenvalue weighted by molar-refractivity contribution is 14.1. The first-order valence-electron chi connectivity index (χ1n) is 11.5. The summed E-state index contributed by atoms with van der Waals surface area (Å²) in [6.45, 7) is 4.08. The number of rotatable bonds is 9. The molecule has 0 fully saturated rings. The highest BCUT2D eigenvalue weighted by Gasteiger charge is 2.28. The molecule has 35 heavy (non-hydrogen) atoms. The molecule has 0 saturated carbocycles. The summed E-state index contributed by atoms with van der Waals surface area (Å²) in [6, 6.07) is 37.3. The van der Waals surface area contributed by atoms with Crippen LogP contribution >= 0.6 is 22.6 Å². The number of hydrogen-bond donors (Lipinski definition) is 0. The van der Waals surface area contributed by atoms with Gasteiger partial charge in [-0.2, -0.15) is 0 Å². The number of hydrogen-bond acceptors (Lipinski definition) is 3. The highest BCUT2D eigenvalue weighted by Crippen LogP contribution is 2.32. The van der Waals surface area contributed by atoms with Crippen molar-refractivity contribution in [1.82, 2.24) is 0 Å². The summed E-state index contributed by atoms with van der Waals surface area (Å²) in [5.41, 5.74) is 0.281. The third kappa shape index (κ3) is 6.89. The summed E-state index contributed by atoms with van der Waals surface area (Å²) in [4.78, 5) is 16.2. The van der Waals surface area contributed by atoms with E-state index in [0.717, 1.165) is 14.9 Å². The molecule has 0 aliphatic carbocycles. The van der Waals surface area contributed by atoms with Gasteiger partial charge in [0.25, 0.3) is 0 Å². The van der Waals surface area contributed by atoms with Gasteiger partial charge in [-0.05, 0) is 103 Å². The van der Waals surface area contributed by atoms with Crippen LogP contribution in [0.2, 0.25) is 0 Å². The van der Waals surface area contributed by atoms with Crippen molar-refractivity contribution in [1.29, 1.82) is 0 Å². The molecular formula is C30H28IO3S+. The molecule has 0 radical (unpaired) electrons. The average molecular weight is 596 g/mol. The van der Waals surface area contributed by atoms with Crippen molar-refractivity contribution in [2.75, 3.05) is 6.61 Å². The van der Waals surface area contributed by atoms with Crippen molar-refractivity contribution < 1.29 is 14.3 Å². The van der Waals surface area contributed by atoms with Crippen molar-refractivity contribution in [2.24, 2.45) is 0 Å². The van der Waals surface area contributed by atoms with Crippen LogP contribution < -0.4 is 4.74 Å². The van der Waals surface area contributed by atoms with Crippen LogP contribution in [0.3, 0.4) is 0 Å². The minimum absolute atomic E-state index is 0.188. The largest absolute Gasteiger partial charge is 0.493 e. The lowest BCUT2D eigenvalue weighted by molar-refractivity contribution is -0.158. The Kier molecular flexibility index (Phi) is 8.52. The van der Waals surface area contributed by atoms with E-state index in [4.69, 9.17) is 9.47 Å². The lowest BCUT2D eigenvalue weighted by Crippen LogP contribution is -2.26. The first kappa shape index (κ1) is 25.3. The average Bonchev–Trinajstić information content (AvgIpc) is 2.86. The summed E-state index contributed by atoms with van der Waals surface area (Å²) >= 11 is 2.26. The molecular weight excluding hydrogens is 567 g/mol. The number of carbonyl (C=O) groups excluding carboxylic acids is 1. The van der Waals surface area contributed by atoms with Crippen molar-refractivity contribution in [3.8, 4) is 5.75 Å². The van der Waals surface area contributed by atoms with Gasteiger partial charge in [0.05, 0.1) is 23.9 Å². The molecule has 0 aliphatic rings. The zero-order valence-electron chi connectivity index (χ0n) is 19.8. The Morgan fingerprint density at radius 3 is 1.80 bits per heavy atom. The zero-order chi connectivity index (χ0) is 24.7.